The number of alkyl halides is 3. The van der Waals surface area contributed by atoms with E-state index in [9.17, 15) is 18.0 Å². The molecule has 0 aromatic carbocycles. The van der Waals surface area contributed by atoms with Gasteiger partial charge >= 0.3 is 12.1 Å². The van der Waals surface area contributed by atoms with Crippen LogP contribution in [0.5, 0.6) is 0 Å². The molecular weight excluding hydrogens is 267 g/mol. The molecule has 1 N–H and O–H groups in total. The van der Waals surface area contributed by atoms with Crippen LogP contribution in [0.2, 0.25) is 0 Å². The minimum absolute atomic E-state index is 0.0444. The molecule has 0 amide bonds. The number of carboxylic acids is 1. The average molecular weight is 270 g/mol. The first-order valence-electron chi connectivity index (χ1n) is 3.29. The molecule has 0 spiro atoms. The maximum atomic E-state index is 12.2. The maximum absolute atomic E-state index is 12.2. The smallest absolute Gasteiger partial charge is 0.418 e. The molecule has 0 bridgehead atoms. The van der Waals surface area contributed by atoms with Gasteiger partial charge in [0.25, 0.3) is 0 Å². The van der Waals surface area contributed by atoms with Crippen molar-refractivity contribution in [2.24, 2.45) is 0 Å². The summed E-state index contributed by atoms with van der Waals surface area (Å²) in [4.78, 5) is 13.7. The third-order valence-corrected chi connectivity index (χ3v) is 1.81. The summed E-state index contributed by atoms with van der Waals surface area (Å²) in [6.07, 6.45) is -4.71. The number of nitrogens with zero attached hydrogens (tertiary/aromatic N) is 1. The van der Waals surface area contributed by atoms with Gasteiger partial charge in [0, 0.05) is 0 Å². The molecule has 7 heteroatoms. The van der Waals surface area contributed by atoms with E-state index in [1.165, 1.54) is 0 Å². The number of carbonyl (C=O) groups is 1. The van der Waals surface area contributed by atoms with Gasteiger partial charge in [0.05, 0.1) is 5.56 Å². The summed E-state index contributed by atoms with van der Waals surface area (Å²) in [6.45, 7) is 0. The molecule has 0 saturated heterocycles. The zero-order chi connectivity index (χ0) is 10.9. The molecule has 0 aliphatic rings. The van der Waals surface area contributed by atoms with Crippen LogP contribution in [-0.4, -0.2) is 16.1 Å². The van der Waals surface area contributed by atoms with Crippen LogP contribution in [0.25, 0.3) is 0 Å². The molecular formula is C7H3BrF3NO2. The average Bonchev–Trinajstić information content (AvgIpc) is 2.01. The summed E-state index contributed by atoms with van der Waals surface area (Å²) in [7, 11) is 0. The van der Waals surface area contributed by atoms with E-state index in [1.807, 2.05) is 0 Å². The van der Waals surface area contributed by atoms with Gasteiger partial charge in [-0.3, -0.25) is 0 Å². The van der Waals surface area contributed by atoms with Gasteiger partial charge in [0.15, 0.2) is 5.69 Å². The molecule has 0 fully saturated rings. The highest BCUT2D eigenvalue weighted by molar-refractivity contribution is 9.10. The van der Waals surface area contributed by atoms with E-state index < -0.39 is 23.4 Å². The van der Waals surface area contributed by atoms with Gasteiger partial charge in [-0.25, -0.2) is 9.78 Å². The summed E-state index contributed by atoms with van der Waals surface area (Å²) < 4.78 is 36.7. The van der Waals surface area contributed by atoms with E-state index in [1.54, 1.807) is 0 Å². The van der Waals surface area contributed by atoms with Crippen molar-refractivity contribution >= 4 is 21.9 Å². The summed E-state index contributed by atoms with van der Waals surface area (Å²) >= 11 is 2.79. The Morgan fingerprint density at radius 2 is 2.00 bits per heavy atom. The Morgan fingerprint density at radius 1 is 1.43 bits per heavy atom. The van der Waals surface area contributed by atoms with Crippen LogP contribution >= 0.6 is 15.9 Å². The van der Waals surface area contributed by atoms with E-state index in [-0.39, 0.29) is 4.60 Å². The molecule has 1 rings (SSSR count). The van der Waals surface area contributed by atoms with E-state index >= 15 is 0 Å². The Bertz CT molecular complexity index is 378. The van der Waals surface area contributed by atoms with Crippen LogP contribution < -0.4 is 0 Å². The topological polar surface area (TPSA) is 50.2 Å². The molecule has 0 aliphatic heterocycles. The lowest BCUT2D eigenvalue weighted by atomic mass is 10.2. The number of aromatic nitrogens is 1. The first-order valence-corrected chi connectivity index (χ1v) is 4.08. The Hall–Kier alpha value is -1.11. The van der Waals surface area contributed by atoms with Crippen LogP contribution in [0.4, 0.5) is 13.2 Å². The summed E-state index contributed by atoms with van der Waals surface area (Å²) in [5, 5.41) is 8.47. The highest BCUT2D eigenvalue weighted by atomic mass is 79.9. The Balaban J connectivity index is 3.37. The standard InChI is InChI=1S/C7H3BrF3NO2/c8-4-2-1-3(7(9,10)11)5(12-4)6(13)14/h1-2H,(H,13,14). The second-order valence-corrected chi connectivity index (χ2v) is 3.15. The third-order valence-electron chi connectivity index (χ3n) is 1.37. The number of hydrogen-bond acceptors (Lipinski definition) is 2. The van der Waals surface area contributed by atoms with Crippen molar-refractivity contribution in [3.8, 4) is 0 Å². The van der Waals surface area contributed by atoms with Crippen molar-refractivity contribution < 1.29 is 23.1 Å². The number of hydrogen-bond donors (Lipinski definition) is 1. The number of carboxylic acid groups (broad SMARTS) is 1. The molecule has 76 valence electrons. The lowest BCUT2D eigenvalue weighted by molar-refractivity contribution is -0.138. The summed E-state index contributed by atoms with van der Waals surface area (Å²) in [5.41, 5.74) is -2.26. The highest BCUT2D eigenvalue weighted by Gasteiger charge is 2.36. The zero-order valence-corrected chi connectivity index (χ0v) is 8.06. The van der Waals surface area contributed by atoms with Gasteiger partial charge in [0.1, 0.15) is 4.60 Å². The molecule has 14 heavy (non-hydrogen) atoms. The predicted octanol–water partition coefficient (Wildman–Crippen LogP) is 2.56. The van der Waals surface area contributed by atoms with Gasteiger partial charge in [-0.15, -0.1) is 0 Å². The minimum Gasteiger partial charge on any atom is -0.476 e. The number of pyridine rings is 1. The van der Waals surface area contributed by atoms with E-state index in [0.717, 1.165) is 6.07 Å². The minimum atomic E-state index is -4.71. The maximum Gasteiger partial charge on any atom is 0.418 e. The van der Waals surface area contributed by atoms with Crippen molar-refractivity contribution in [1.29, 1.82) is 0 Å². The first-order chi connectivity index (χ1) is 6.32. The van der Waals surface area contributed by atoms with E-state index in [0.29, 0.717) is 6.07 Å². The fraction of sp³-hybridized carbons (Fsp3) is 0.143. The fourth-order valence-electron chi connectivity index (χ4n) is 0.827. The Labute approximate surface area is 84.7 Å². The normalized spacial score (nSPS) is 11.4. The lowest BCUT2D eigenvalue weighted by Gasteiger charge is -2.08. The third kappa shape index (κ3) is 2.22. The number of rotatable bonds is 1. The second kappa shape index (κ2) is 3.56. The van der Waals surface area contributed by atoms with Crippen molar-refractivity contribution in [2.75, 3.05) is 0 Å². The number of aromatic carboxylic acids is 1. The van der Waals surface area contributed by atoms with Crippen LogP contribution in [0.15, 0.2) is 16.7 Å². The second-order valence-electron chi connectivity index (χ2n) is 2.33. The fourth-order valence-corrected chi connectivity index (χ4v) is 1.14. The molecule has 1 aromatic rings. The Kier molecular flexibility index (Phi) is 2.79. The molecule has 0 unspecified atom stereocenters. The SMILES string of the molecule is O=C(O)c1nc(Br)ccc1C(F)(F)F. The van der Waals surface area contributed by atoms with Gasteiger partial charge in [-0.2, -0.15) is 13.2 Å². The molecule has 1 heterocycles. The monoisotopic (exact) mass is 269 g/mol. The van der Waals surface area contributed by atoms with Gasteiger partial charge in [-0.1, -0.05) is 0 Å². The summed E-state index contributed by atoms with van der Waals surface area (Å²) in [6, 6.07) is 1.70. The van der Waals surface area contributed by atoms with Crippen LogP contribution in [0, 0.1) is 0 Å². The van der Waals surface area contributed by atoms with Crippen molar-refractivity contribution in [3.63, 3.8) is 0 Å². The molecule has 0 saturated carbocycles. The van der Waals surface area contributed by atoms with Gasteiger partial charge < -0.3 is 5.11 Å². The van der Waals surface area contributed by atoms with E-state index in [4.69, 9.17) is 5.11 Å². The highest BCUT2D eigenvalue weighted by Crippen LogP contribution is 2.31. The predicted molar refractivity (Wildman–Crippen MR) is 43.9 cm³/mol. The molecule has 0 atom stereocenters. The van der Waals surface area contributed by atoms with Crippen LogP contribution in [-0.2, 0) is 6.18 Å². The molecule has 0 radical (unpaired) electrons. The largest absolute Gasteiger partial charge is 0.476 e. The molecule has 3 nitrogen and oxygen atoms in total. The van der Waals surface area contributed by atoms with Crippen molar-refractivity contribution in [3.05, 3.63) is 28.0 Å². The number of halogens is 4. The van der Waals surface area contributed by atoms with Crippen molar-refractivity contribution in [1.82, 2.24) is 4.98 Å². The molecule has 1 aromatic heterocycles. The Morgan fingerprint density at radius 3 is 2.43 bits per heavy atom. The van der Waals surface area contributed by atoms with Crippen molar-refractivity contribution in [2.45, 2.75) is 6.18 Å². The zero-order valence-electron chi connectivity index (χ0n) is 6.47. The summed E-state index contributed by atoms with van der Waals surface area (Å²) in [5.74, 6) is -1.71. The molecule has 0 aliphatic carbocycles. The van der Waals surface area contributed by atoms with Gasteiger partial charge in [-0.05, 0) is 28.1 Å². The van der Waals surface area contributed by atoms with Crippen LogP contribution in [0.3, 0.4) is 0 Å². The quantitative estimate of drug-likeness (QED) is 0.798. The van der Waals surface area contributed by atoms with E-state index in [2.05, 4.69) is 20.9 Å². The lowest BCUT2D eigenvalue weighted by Crippen LogP contribution is -2.14. The van der Waals surface area contributed by atoms with Gasteiger partial charge in [0.2, 0.25) is 0 Å². The van der Waals surface area contributed by atoms with Crippen LogP contribution in [0.1, 0.15) is 16.1 Å². The first kappa shape index (κ1) is 11.0.